The van der Waals surface area contributed by atoms with E-state index in [1.54, 1.807) is 0 Å². The first-order valence-corrected chi connectivity index (χ1v) is 5.68. The van der Waals surface area contributed by atoms with E-state index in [1.807, 2.05) is 6.92 Å². The van der Waals surface area contributed by atoms with Crippen LogP contribution in [-0.4, -0.2) is 34.7 Å². The summed E-state index contributed by atoms with van der Waals surface area (Å²) in [6.45, 7) is 2.12. The maximum Gasteiger partial charge on any atom is 0.308 e. The Labute approximate surface area is 104 Å². The van der Waals surface area contributed by atoms with Gasteiger partial charge in [0.25, 0.3) is 5.56 Å². The van der Waals surface area contributed by atoms with Gasteiger partial charge in [0.05, 0.1) is 19.4 Å². The Balaban J connectivity index is 2.76. The molecule has 0 spiro atoms. The SMILES string of the molecule is CCCC(CNc1nc[nH]c(=O)c1OC)C(=O)O. The molecule has 0 aliphatic heterocycles. The zero-order valence-corrected chi connectivity index (χ0v) is 10.4. The minimum absolute atomic E-state index is 0.0538. The fraction of sp³-hybridized carbons (Fsp3) is 0.545. The number of aromatic nitrogens is 2. The normalized spacial score (nSPS) is 11.9. The molecule has 0 fully saturated rings. The molecule has 0 aromatic carbocycles. The summed E-state index contributed by atoms with van der Waals surface area (Å²) >= 11 is 0. The summed E-state index contributed by atoms with van der Waals surface area (Å²) < 4.78 is 4.91. The molecule has 0 aliphatic rings. The van der Waals surface area contributed by atoms with E-state index in [4.69, 9.17) is 9.84 Å². The molecule has 100 valence electrons. The Bertz CT molecular complexity index is 458. The second-order valence-electron chi connectivity index (χ2n) is 3.82. The quantitative estimate of drug-likeness (QED) is 0.662. The van der Waals surface area contributed by atoms with Crippen molar-refractivity contribution in [2.45, 2.75) is 19.8 Å². The second kappa shape index (κ2) is 6.63. The molecule has 3 N–H and O–H groups in total. The lowest BCUT2D eigenvalue weighted by Crippen LogP contribution is -2.24. The number of carboxylic acids is 1. The lowest BCUT2D eigenvalue weighted by atomic mass is 10.0. The Morgan fingerprint density at radius 3 is 2.94 bits per heavy atom. The van der Waals surface area contributed by atoms with Gasteiger partial charge in [-0.15, -0.1) is 0 Å². The minimum atomic E-state index is -0.867. The molecule has 0 bridgehead atoms. The molecule has 1 rings (SSSR count). The average molecular weight is 255 g/mol. The highest BCUT2D eigenvalue weighted by atomic mass is 16.5. The first-order valence-electron chi connectivity index (χ1n) is 5.68. The van der Waals surface area contributed by atoms with Crippen molar-refractivity contribution in [2.75, 3.05) is 19.0 Å². The number of nitrogens with zero attached hydrogens (tertiary/aromatic N) is 1. The summed E-state index contributed by atoms with van der Waals surface area (Å²) in [6.07, 6.45) is 2.58. The Kier molecular flexibility index (Phi) is 5.16. The van der Waals surface area contributed by atoms with Crippen LogP contribution in [-0.2, 0) is 4.79 Å². The van der Waals surface area contributed by atoms with E-state index in [0.717, 1.165) is 6.42 Å². The lowest BCUT2D eigenvalue weighted by Gasteiger charge is -2.13. The zero-order chi connectivity index (χ0) is 13.5. The number of ether oxygens (including phenoxy) is 1. The Morgan fingerprint density at radius 2 is 2.39 bits per heavy atom. The van der Waals surface area contributed by atoms with Gasteiger partial charge in [-0.05, 0) is 6.42 Å². The van der Waals surface area contributed by atoms with Gasteiger partial charge < -0.3 is 20.1 Å². The number of rotatable bonds is 7. The number of carbonyl (C=O) groups is 1. The molecular weight excluding hydrogens is 238 g/mol. The van der Waals surface area contributed by atoms with E-state index >= 15 is 0 Å². The van der Waals surface area contributed by atoms with Gasteiger partial charge in [-0.25, -0.2) is 4.98 Å². The molecule has 7 heteroatoms. The molecule has 0 radical (unpaired) electrons. The van der Waals surface area contributed by atoms with E-state index < -0.39 is 17.4 Å². The van der Waals surface area contributed by atoms with E-state index in [-0.39, 0.29) is 18.1 Å². The predicted molar refractivity (Wildman–Crippen MR) is 65.9 cm³/mol. The Morgan fingerprint density at radius 1 is 1.67 bits per heavy atom. The minimum Gasteiger partial charge on any atom is -0.489 e. The first-order chi connectivity index (χ1) is 8.60. The van der Waals surface area contributed by atoms with Gasteiger partial charge in [0, 0.05) is 6.54 Å². The third-order valence-electron chi connectivity index (χ3n) is 2.52. The zero-order valence-electron chi connectivity index (χ0n) is 10.4. The van der Waals surface area contributed by atoms with Crippen LogP contribution in [0.15, 0.2) is 11.1 Å². The molecular formula is C11H17N3O4. The van der Waals surface area contributed by atoms with Crippen LogP contribution in [0.25, 0.3) is 0 Å². The number of hydrogen-bond donors (Lipinski definition) is 3. The van der Waals surface area contributed by atoms with Gasteiger partial charge in [0.1, 0.15) is 0 Å². The van der Waals surface area contributed by atoms with E-state index in [1.165, 1.54) is 13.4 Å². The maximum atomic E-state index is 11.4. The van der Waals surface area contributed by atoms with Crippen molar-refractivity contribution in [1.82, 2.24) is 9.97 Å². The van der Waals surface area contributed by atoms with Crippen molar-refractivity contribution in [3.8, 4) is 5.75 Å². The topological polar surface area (TPSA) is 104 Å². The van der Waals surface area contributed by atoms with Crippen LogP contribution in [0.3, 0.4) is 0 Å². The molecule has 0 aliphatic carbocycles. The lowest BCUT2D eigenvalue weighted by molar-refractivity contribution is -0.141. The fourth-order valence-electron chi connectivity index (χ4n) is 1.58. The number of aliphatic carboxylic acids is 1. The third kappa shape index (κ3) is 3.47. The number of H-pyrrole nitrogens is 1. The van der Waals surface area contributed by atoms with Crippen molar-refractivity contribution < 1.29 is 14.6 Å². The van der Waals surface area contributed by atoms with Crippen LogP contribution < -0.4 is 15.6 Å². The molecule has 0 amide bonds. The van der Waals surface area contributed by atoms with Gasteiger partial charge in [-0.2, -0.15) is 0 Å². The van der Waals surface area contributed by atoms with Crippen LogP contribution in [0.4, 0.5) is 5.82 Å². The molecule has 1 aromatic heterocycles. The van der Waals surface area contributed by atoms with Gasteiger partial charge in [-0.1, -0.05) is 13.3 Å². The van der Waals surface area contributed by atoms with E-state index in [0.29, 0.717) is 6.42 Å². The summed E-state index contributed by atoms with van der Waals surface area (Å²) in [5.74, 6) is -1.07. The summed E-state index contributed by atoms with van der Waals surface area (Å²) in [4.78, 5) is 28.7. The maximum absolute atomic E-state index is 11.4. The molecule has 18 heavy (non-hydrogen) atoms. The second-order valence-corrected chi connectivity index (χ2v) is 3.82. The first kappa shape index (κ1) is 14.0. The number of hydrogen-bond acceptors (Lipinski definition) is 5. The van der Waals surface area contributed by atoms with E-state index in [9.17, 15) is 9.59 Å². The summed E-state index contributed by atoms with van der Waals surface area (Å²) in [5, 5.41) is 11.8. The van der Waals surface area contributed by atoms with Gasteiger partial charge in [-0.3, -0.25) is 9.59 Å². The van der Waals surface area contributed by atoms with Crippen LogP contribution in [0.5, 0.6) is 5.75 Å². The number of anilines is 1. The summed E-state index contributed by atoms with van der Waals surface area (Å²) in [5.41, 5.74) is -0.405. The number of nitrogens with one attached hydrogen (secondary N) is 2. The van der Waals surface area contributed by atoms with E-state index in [2.05, 4.69) is 15.3 Å². The summed E-state index contributed by atoms with van der Waals surface area (Å²) in [6, 6.07) is 0. The number of carboxylic acid groups (broad SMARTS) is 1. The highest BCUT2D eigenvalue weighted by molar-refractivity contribution is 5.70. The molecule has 1 aromatic rings. The van der Waals surface area contributed by atoms with Gasteiger partial charge in [0.15, 0.2) is 5.82 Å². The van der Waals surface area contributed by atoms with Crippen molar-refractivity contribution in [2.24, 2.45) is 5.92 Å². The largest absolute Gasteiger partial charge is 0.489 e. The van der Waals surface area contributed by atoms with Gasteiger partial charge in [0.2, 0.25) is 5.75 Å². The van der Waals surface area contributed by atoms with Crippen molar-refractivity contribution >= 4 is 11.8 Å². The fourth-order valence-corrected chi connectivity index (χ4v) is 1.58. The molecule has 1 atom stereocenters. The molecule has 0 saturated heterocycles. The van der Waals surface area contributed by atoms with Crippen molar-refractivity contribution in [3.05, 3.63) is 16.7 Å². The Hall–Kier alpha value is -2.05. The van der Waals surface area contributed by atoms with Crippen LogP contribution in [0, 0.1) is 5.92 Å². The highest BCUT2D eigenvalue weighted by Crippen LogP contribution is 2.16. The number of methoxy groups -OCH3 is 1. The van der Waals surface area contributed by atoms with Crippen LogP contribution in [0.1, 0.15) is 19.8 Å². The number of aromatic amines is 1. The molecule has 7 nitrogen and oxygen atoms in total. The molecule has 0 saturated carbocycles. The van der Waals surface area contributed by atoms with Crippen molar-refractivity contribution in [1.29, 1.82) is 0 Å². The summed E-state index contributed by atoms with van der Waals surface area (Å²) in [7, 11) is 1.36. The smallest absolute Gasteiger partial charge is 0.308 e. The highest BCUT2D eigenvalue weighted by Gasteiger charge is 2.17. The predicted octanol–water partition coefficient (Wildman–Crippen LogP) is 0.691. The standard InChI is InChI=1S/C11H17N3O4/c1-3-4-7(11(16)17)5-12-9-8(18-2)10(15)14-6-13-9/h6-7H,3-5H2,1-2H3,(H,16,17)(H2,12,13,14,15). The monoisotopic (exact) mass is 255 g/mol. The van der Waals surface area contributed by atoms with Crippen molar-refractivity contribution in [3.63, 3.8) is 0 Å². The van der Waals surface area contributed by atoms with Crippen LogP contribution >= 0.6 is 0 Å². The average Bonchev–Trinajstić information content (AvgIpc) is 2.34. The molecule has 1 unspecified atom stereocenters. The van der Waals surface area contributed by atoms with Crippen LogP contribution in [0.2, 0.25) is 0 Å². The molecule has 1 heterocycles. The third-order valence-corrected chi connectivity index (χ3v) is 2.52. The van der Waals surface area contributed by atoms with Gasteiger partial charge >= 0.3 is 5.97 Å².